The molecule has 5 aromatic carbocycles. The molecule has 250 valence electrons. The molecular formula is C47H50ClN. The van der Waals surface area contributed by atoms with Crippen LogP contribution in [-0.4, -0.2) is 4.57 Å². The van der Waals surface area contributed by atoms with Crippen molar-refractivity contribution in [2.24, 2.45) is 0 Å². The Balaban J connectivity index is 1.67. The second-order valence-electron chi connectivity index (χ2n) is 18.9. The van der Waals surface area contributed by atoms with Crippen LogP contribution in [0.4, 0.5) is 0 Å². The molecule has 6 aromatic rings. The van der Waals surface area contributed by atoms with Crippen molar-refractivity contribution < 1.29 is 0 Å². The number of hydrogen-bond donors (Lipinski definition) is 0. The summed E-state index contributed by atoms with van der Waals surface area (Å²) in [5.74, 6) is 0. The Morgan fingerprint density at radius 1 is 0.469 bits per heavy atom. The Morgan fingerprint density at radius 3 is 1.47 bits per heavy atom. The number of rotatable bonds is 0. The van der Waals surface area contributed by atoms with Gasteiger partial charge < -0.3 is 4.57 Å². The zero-order valence-electron chi connectivity index (χ0n) is 31.4. The molecule has 1 aliphatic carbocycles. The number of para-hydroxylation sites is 1. The Hall–Kier alpha value is -3.81. The van der Waals surface area contributed by atoms with E-state index in [9.17, 15) is 0 Å². The van der Waals surface area contributed by atoms with Crippen LogP contribution in [0.2, 0.25) is 5.02 Å². The molecule has 0 N–H and O–H groups in total. The van der Waals surface area contributed by atoms with Crippen LogP contribution in [0.3, 0.4) is 0 Å². The summed E-state index contributed by atoms with van der Waals surface area (Å²) in [6.45, 7) is 28.0. The maximum Gasteiger partial charge on any atom is 0.0755 e. The van der Waals surface area contributed by atoms with E-state index in [4.69, 9.17) is 11.6 Å². The zero-order valence-corrected chi connectivity index (χ0v) is 32.2. The second kappa shape index (κ2) is 9.91. The summed E-state index contributed by atoms with van der Waals surface area (Å²) >= 11 is 7.46. The average molecular weight is 664 g/mol. The van der Waals surface area contributed by atoms with Gasteiger partial charge in [-0.2, -0.15) is 0 Å². The molecule has 2 heteroatoms. The maximum absolute atomic E-state index is 7.46. The summed E-state index contributed by atoms with van der Waals surface area (Å²) in [6.07, 6.45) is 0. The zero-order chi connectivity index (χ0) is 35.2. The van der Waals surface area contributed by atoms with Crippen molar-refractivity contribution in [1.29, 1.82) is 0 Å². The van der Waals surface area contributed by atoms with E-state index in [0.29, 0.717) is 0 Å². The van der Waals surface area contributed by atoms with E-state index < -0.39 is 5.41 Å². The molecular weight excluding hydrogens is 614 g/mol. The third kappa shape index (κ3) is 4.43. The van der Waals surface area contributed by atoms with Gasteiger partial charge in [-0.15, -0.1) is 0 Å². The standard InChI is InChI=1S/C47H50ClN/c1-43(2,3)27-18-21-40-33(22-27)34-23-30(46(10,11)12)26-38-41(34)49(40)42-35(14-13-15-39(42)48)47(38)36-24-28(44(4,5)6)16-19-31(36)32-20-17-29(25-37(32)47)45(7,8)9/h13-26H,1-12H3. The highest BCUT2D eigenvalue weighted by atomic mass is 35.5. The summed E-state index contributed by atoms with van der Waals surface area (Å²) < 4.78 is 2.50. The van der Waals surface area contributed by atoms with E-state index in [1.165, 1.54) is 77.4 Å². The van der Waals surface area contributed by atoms with E-state index in [2.05, 4.69) is 173 Å². The van der Waals surface area contributed by atoms with Crippen molar-refractivity contribution >= 4 is 33.4 Å². The molecule has 0 fully saturated rings. The number of benzene rings is 5. The summed E-state index contributed by atoms with van der Waals surface area (Å²) in [5.41, 5.74) is 16.4. The lowest BCUT2D eigenvalue weighted by Crippen LogP contribution is -2.35. The fourth-order valence-corrected chi connectivity index (χ4v) is 8.85. The van der Waals surface area contributed by atoms with Crippen LogP contribution in [0.5, 0.6) is 0 Å². The lowest BCUT2D eigenvalue weighted by molar-refractivity contribution is 0.583. The molecule has 49 heavy (non-hydrogen) atoms. The third-order valence-corrected chi connectivity index (χ3v) is 11.8. The topological polar surface area (TPSA) is 4.93 Å². The largest absolute Gasteiger partial charge is 0.307 e. The molecule has 8 rings (SSSR count). The number of aromatic nitrogens is 1. The van der Waals surface area contributed by atoms with Gasteiger partial charge in [0.25, 0.3) is 0 Å². The predicted molar refractivity (Wildman–Crippen MR) is 211 cm³/mol. The van der Waals surface area contributed by atoms with E-state index >= 15 is 0 Å². The lowest BCUT2D eigenvalue weighted by atomic mass is 9.63. The van der Waals surface area contributed by atoms with Gasteiger partial charge in [-0.1, -0.05) is 155 Å². The van der Waals surface area contributed by atoms with Crippen molar-refractivity contribution in [3.8, 4) is 16.8 Å². The van der Waals surface area contributed by atoms with Gasteiger partial charge >= 0.3 is 0 Å². The lowest BCUT2D eigenvalue weighted by Gasteiger charge is -2.41. The van der Waals surface area contributed by atoms with Crippen LogP contribution in [0, 0.1) is 0 Å². The van der Waals surface area contributed by atoms with E-state index in [1.807, 2.05) is 0 Å². The molecule has 0 atom stereocenters. The highest BCUT2D eigenvalue weighted by Gasteiger charge is 2.52. The Labute approximate surface area is 298 Å². The van der Waals surface area contributed by atoms with Gasteiger partial charge in [0.05, 0.1) is 27.2 Å². The van der Waals surface area contributed by atoms with Gasteiger partial charge in [0, 0.05) is 10.8 Å². The van der Waals surface area contributed by atoms with Gasteiger partial charge in [-0.3, -0.25) is 0 Å². The highest BCUT2D eigenvalue weighted by Crippen LogP contribution is 2.63. The highest BCUT2D eigenvalue weighted by molar-refractivity contribution is 6.33. The molecule has 2 heterocycles. The van der Waals surface area contributed by atoms with Crippen LogP contribution < -0.4 is 0 Å². The molecule has 0 saturated heterocycles. The number of fused-ring (bicyclic) bond motifs is 12. The molecule has 0 saturated carbocycles. The minimum absolute atomic E-state index is 0.00573. The Kier molecular flexibility index (Phi) is 6.55. The first-order chi connectivity index (χ1) is 22.7. The van der Waals surface area contributed by atoms with Gasteiger partial charge in [0.1, 0.15) is 0 Å². The van der Waals surface area contributed by atoms with Crippen molar-refractivity contribution in [2.45, 2.75) is 110 Å². The van der Waals surface area contributed by atoms with Crippen molar-refractivity contribution in [2.75, 3.05) is 0 Å². The molecule has 1 spiro atoms. The van der Waals surface area contributed by atoms with E-state index in [-0.39, 0.29) is 21.7 Å². The first-order valence-electron chi connectivity index (χ1n) is 18.0. The van der Waals surface area contributed by atoms with Crippen LogP contribution in [0.1, 0.15) is 128 Å². The summed E-state index contributed by atoms with van der Waals surface area (Å²) in [4.78, 5) is 0. The molecule has 2 aliphatic rings. The molecule has 0 bridgehead atoms. The average Bonchev–Trinajstić information content (AvgIpc) is 3.48. The van der Waals surface area contributed by atoms with Crippen LogP contribution in [0.25, 0.3) is 38.6 Å². The van der Waals surface area contributed by atoms with Crippen LogP contribution >= 0.6 is 11.6 Å². The quantitative estimate of drug-likeness (QED) is 0.152. The van der Waals surface area contributed by atoms with Gasteiger partial charge in [0.2, 0.25) is 0 Å². The first-order valence-corrected chi connectivity index (χ1v) is 18.4. The number of hydrogen-bond acceptors (Lipinski definition) is 0. The normalized spacial score (nSPS) is 15.2. The van der Waals surface area contributed by atoms with Gasteiger partial charge in [0.15, 0.2) is 0 Å². The Morgan fingerprint density at radius 2 is 0.939 bits per heavy atom. The third-order valence-electron chi connectivity index (χ3n) is 11.5. The molecule has 0 unspecified atom stereocenters. The minimum atomic E-state index is -0.551. The smallest absolute Gasteiger partial charge is 0.0755 e. The van der Waals surface area contributed by atoms with E-state index in [0.717, 1.165) is 10.7 Å². The van der Waals surface area contributed by atoms with Crippen molar-refractivity contribution in [3.05, 3.63) is 134 Å². The molecule has 0 radical (unpaired) electrons. The monoisotopic (exact) mass is 663 g/mol. The van der Waals surface area contributed by atoms with Gasteiger partial charge in [-0.05, 0) is 102 Å². The molecule has 1 nitrogen and oxygen atoms in total. The maximum atomic E-state index is 7.46. The van der Waals surface area contributed by atoms with Crippen LogP contribution in [-0.2, 0) is 27.1 Å². The predicted octanol–water partition coefficient (Wildman–Crippen LogP) is 13.3. The van der Waals surface area contributed by atoms with Crippen molar-refractivity contribution in [1.82, 2.24) is 4.57 Å². The van der Waals surface area contributed by atoms with E-state index in [1.54, 1.807) is 0 Å². The SMILES string of the molecule is CC(C)(C)c1ccc2c(c1)C1(c3cc(C(C)(C)C)ccc3-2)c2cccc(Cl)c2-n2c3ccc(C(C)(C)C)cc3c3cc(C(C)(C)C)cc1c32. The summed E-state index contributed by atoms with van der Waals surface area (Å²) in [5, 5.41) is 3.39. The number of nitrogens with zero attached hydrogens (tertiary/aromatic N) is 1. The molecule has 1 aromatic heterocycles. The first kappa shape index (κ1) is 32.4. The van der Waals surface area contributed by atoms with Gasteiger partial charge in [-0.25, -0.2) is 0 Å². The molecule has 0 amide bonds. The second-order valence-corrected chi connectivity index (χ2v) is 19.3. The number of halogens is 1. The fraction of sp³-hybridized carbons (Fsp3) is 0.362. The summed E-state index contributed by atoms with van der Waals surface area (Å²) in [6, 6.07) is 33.3. The fourth-order valence-electron chi connectivity index (χ4n) is 8.59. The van der Waals surface area contributed by atoms with Crippen molar-refractivity contribution in [3.63, 3.8) is 0 Å². The Bertz CT molecular complexity index is 2310. The minimum Gasteiger partial charge on any atom is -0.307 e. The van der Waals surface area contributed by atoms with Crippen LogP contribution in [0.15, 0.2) is 84.9 Å². The molecule has 1 aliphatic heterocycles. The summed E-state index contributed by atoms with van der Waals surface area (Å²) in [7, 11) is 0.